The molecular formula is C22H35N5O8P+. The monoisotopic (exact) mass is 528 g/mol. The molecule has 4 N–H and O–H groups in total. The van der Waals surface area contributed by atoms with Crippen LogP contribution in [0.5, 0.6) is 0 Å². The molecule has 36 heavy (non-hydrogen) atoms. The Hall–Kier alpha value is -2.19. The zero-order valence-electron chi connectivity index (χ0n) is 20.9. The lowest BCUT2D eigenvalue weighted by atomic mass is 10.0. The van der Waals surface area contributed by atoms with E-state index in [1.807, 2.05) is 39.8 Å². The molecule has 1 saturated heterocycles. The number of H-pyrrole nitrogens is 1. The Morgan fingerprint density at radius 3 is 2.42 bits per heavy atom. The third-order valence-electron chi connectivity index (χ3n) is 5.80. The Bertz CT molecular complexity index is 1060. The lowest BCUT2D eigenvalue weighted by Crippen LogP contribution is -2.55. The zero-order chi connectivity index (χ0) is 27.1. The molecule has 200 valence electrons. The fourth-order valence-electron chi connectivity index (χ4n) is 4.50. The second kappa shape index (κ2) is 12.9. The van der Waals surface area contributed by atoms with Crippen molar-refractivity contribution in [2.24, 2.45) is 0 Å². The SMILES string of the molecule is CC(C)N(C(C)C)[P+](O)(CCC#N)O[C@H]1[C@@H](O)[C@](COCCC#N)(n2ccc(=O)[nH]c2=O)O[C@@H]1CO. The van der Waals surface area contributed by atoms with Crippen molar-refractivity contribution in [3.63, 3.8) is 0 Å². The molecule has 0 aromatic carbocycles. The van der Waals surface area contributed by atoms with Crippen LogP contribution < -0.4 is 11.2 Å². The van der Waals surface area contributed by atoms with Gasteiger partial charge in [-0.15, -0.1) is 4.67 Å². The number of nitrogens with one attached hydrogen (secondary N) is 1. The van der Waals surface area contributed by atoms with Gasteiger partial charge >= 0.3 is 13.6 Å². The van der Waals surface area contributed by atoms with Gasteiger partial charge in [-0.05, 0) is 27.7 Å². The molecule has 0 aliphatic carbocycles. The number of hydrogen-bond donors (Lipinski definition) is 4. The number of nitrogens with zero attached hydrogens (tertiary/aromatic N) is 4. The van der Waals surface area contributed by atoms with Crippen molar-refractivity contribution in [1.82, 2.24) is 14.2 Å². The van der Waals surface area contributed by atoms with E-state index < -0.39 is 56.4 Å². The van der Waals surface area contributed by atoms with Crippen LogP contribution >= 0.6 is 7.87 Å². The van der Waals surface area contributed by atoms with E-state index in [1.165, 1.54) is 0 Å². The van der Waals surface area contributed by atoms with Gasteiger partial charge in [0.2, 0.25) is 5.72 Å². The summed E-state index contributed by atoms with van der Waals surface area (Å²) < 4.78 is 20.4. The van der Waals surface area contributed by atoms with E-state index in [-0.39, 0.29) is 37.7 Å². The fraction of sp³-hybridized carbons (Fsp3) is 0.727. The van der Waals surface area contributed by atoms with Crippen LogP contribution in [0.4, 0.5) is 0 Å². The van der Waals surface area contributed by atoms with Gasteiger partial charge in [0.15, 0.2) is 6.10 Å². The largest absolute Gasteiger partial charge is 0.394 e. The van der Waals surface area contributed by atoms with Crippen molar-refractivity contribution in [2.45, 2.75) is 76.7 Å². The minimum absolute atomic E-state index is 0.0184. The van der Waals surface area contributed by atoms with Crippen LogP contribution in [-0.2, 0) is 19.7 Å². The Labute approximate surface area is 210 Å². The van der Waals surface area contributed by atoms with Gasteiger partial charge in [0.1, 0.15) is 18.4 Å². The van der Waals surface area contributed by atoms with E-state index in [1.54, 1.807) is 4.67 Å². The minimum Gasteiger partial charge on any atom is -0.394 e. The predicted octanol–water partition coefficient (Wildman–Crippen LogP) is 0.0443. The summed E-state index contributed by atoms with van der Waals surface area (Å²) in [5.41, 5.74) is -3.52. The Morgan fingerprint density at radius 2 is 1.89 bits per heavy atom. The van der Waals surface area contributed by atoms with Crippen LogP contribution in [-0.4, -0.2) is 85.7 Å². The van der Waals surface area contributed by atoms with E-state index in [0.717, 1.165) is 16.8 Å². The number of aliphatic hydroxyl groups excluding tert-OH is 2. The first kappa shape index (κ1) is 30.0. The van der Waals surface area contributed by atoms with E-state index in [9.17, 15) is 30.0 Å². The average Bonchev–Trinajstić information content (AvgIpc) is 3.06. The highest BCUT2D eigenvalue weighted by Gasteiger charge is 2.62. The molecule has 2 rings (SSSR count). The molecule has 5 atom stereocenters. The van der Waals surface area contributed by atoms with Crippen LogP contribution in [0.1, 0.15) is 40.5 Å². The normalized spacial score (nSPS) is 25.7. The Morgan fingerprint density at radius 1 is 1.25 bits per heavy atom. The maximum atomic E-state index is 12.7. The minimum atomic E-state index is -3.52. The van der Waals surface area contributed by atoms with E-state index in [2.05, 4.69) is 4.98 Å². The molecule has 1 aliphatic rings. The summed E-state index contributed by atoms with van der Waals surface area (Å²) in [5, 5.41) is 39.6. The Balaban J connectivity index is 2.57. The van der Waals surface area contributed by atoms with E-state index in [0.29, 0.717) is 0 Å². The number of aromatic nitrogens is 2. The number of rotatable bonds is 13. The fourth-order valence-corrected chi connectivity index (χ4v) is 7.42. The summed E-state index contributed by atoms with van der Waals surface area (Å²) in [4.78, 5) is 38.2. The molecule has 0 saturated carbocycles. The molecule has 1 aliphatic heterocycles. The first-order chi connectivity index (χ1) is 17.0. The number of hydrogen-bond acceptors (Lipinski definition) is 11. The number of aliphatic hydroxyl groups is 2. The number of ether oxygens (including phenoxy) is 2. The maximum Gasteiger partial charge on any atom is 0.347 e. The maximum absolute atomic E-state index is 12.7. The summed E-state index contributed by atoms with van der Waals surface area (Å²) in [5.74, 6) is 0. The van der Waals surface area contributed by atoms with Crippen LogP contribution in [0.2, 0.25) is 0 Å². The lowest BCUT2D eigenvalue weighted by Gasteiger charge is -2.37. The summed E-state index contributed by atoms with van der Waals surface area (Å²) in [7, 11) is -3.52. The van der Waals surface area contributed by atoms with Crippen molar-refractivity contribution in [3.05, 3.63) is 33.1 Å². The highest BCUT2D eigenvalue weighted by Crippen LogP contribution is 2.63. The Kier molecular flexibility index (Phi) is 10.7. The summed E-state index contributed by atoms with van der Waals surface area (Å²) in [6, 6.07) is 4.61. The van der Waals surface area contributed by atoms with Gasteiger partial charge in [-0.25, -0.2) is 9.69 Å². The van der Waals surface area contributed by atoms with Gasteiger partial charge in [0.25, 0.3) is 5.56 Å². The molecular weight excluding hydrogens is 493 g/mol. The standard InChI is InChI=1S/C22H34N5O8P/c1-15(2)27(16(3)4)36(32,12-6-9-24)35-19-17(13-28)34-22(20(19)30,14-33-11-5-8-23)26-10-7-18(29)25-21(26)31/h7,10,15-17,19-20,28,30,32H,5-6,11-14H2,1-4H3/p+1/t17-,19-,20-,22-,36?/m1/s1. The molecule has 0 amide bonds. The van der Waals surface area contributed by atoms with E-state index >= 15 is 0 Å². The van der Waals surface area contributed by atoms with Crippen LogP contribution in [0.25, 0.3) is 0 Å². The van der Waals surface area contributed by atoms with Crippen LogP contribution in [0, 0.1) is 22.7 Å². The average molecular weight is 529 g/mol. The number of aromatic amines is 1. The van der Waals surface area contributed by atoms with Crippen molar-refractivity contribution >= 4 is 7.87 Å². The molecule has 0 bridgehead atoms. The topological polar surface area (TPSA) is 194 Å². The second-order valence-electron chi connectivity index (χ2n) is 9.00. The van der Waals surface area contributed by atoms with Crippen LogP contribution in [0.3, 0.4) is 0 Å². The molecule has 1 aromatic rings. The first-order valence-corrected chi connectivity index (χ1v) is 13.5. The summed E-state index contributed by atoms with van der Waals surface area (Å²) in [6.45, 7) is 6.35. The van der Waals surface area contributed by atoms with Gasteiger partial charge in [-0.2, -0.15) is 15.0 Å². The van der Waals surface area contributed by atoms with Crippen molar-refractivity contribution < 1.29 is 29.1 Å². The van der Waals surface area contributed by atoms with E-state index in [4.69, 9.17) is 19.3 Å². The van der Waals surface area contributed by atoms with Crippen molar-refractivity contribution in [1.29, 1.82) is 10.5 Å². The lowest BCUT2D eigenvalue weighted by molar-refractivity contribution is -0.184. The quantitative estimate of drug-likeness (QED) is 0.199. The van der Waals surface area contributed by atoms with Gasteiger partial charge in [0, 0.05) is 24.3 Å². The molecule has 1 aromatic heterocycles. The smallest absolute Gasteiger partial charge is 0.347 e. The van der Waals surface area contributed by atoms with Gasteiger partial charge in [0.05, 0.1) is 44.8 Å². The first-order valence-electron chi connectivity index (χ1n) is 11.7. The summed E-state index contributed by atoms with van der Waals surface area (Å²) >= 11 is 0. The molecule has 14 heteroatoms. The molecule has 1 fully saturated rings. The van der Waals surface area contributed by atoms with Gasteiger partial charge in [-0.3, -0.25) is 14.3 Å². The number of nitriles is 2. The molecule has 2 heterocycles. The second-order valence-corrected chi connectivity index (χ2v) is 11.5. The highest BCUT2D eigenvalue weighted by atomic mass is 31.2. The molecule has 0 radical (unpaired) electrons. The highest BCUT2D eigenvalue weighted by molar-refractivity contribution is 7.63. The van der Waals surface area contributed by atoms with Crippen LogP contribution in [0.15, 0.2) is 21.9 Å². The van der Waals surface area contributed by atoms with Crippen molar-refractivity contribution in [2.75, 3.05) is 26.0 Å². The van der Waals surface area contributed by atoms with Crippen molar-refractivity contribution in [3.8, 4) is 12.1 Å². The van der Waals surface area contributed by atoms with Gasteiger partial charge in [-0.1, -0.05) is 0 Å². The molecule has 13 nitrogen and oxygen atoms in total. The predicted molar refractivity (Wildman–Crippen MR) is 130 cm³/mol. The zero-order valence-corrected chi connectivity index (χ0v) is 21.8. The third kappa shape index (κ3) is 6.38. The van der Waals surface area contributed by atoms with Gasteiger partial charge < -0.3 is 19.7 Å². The summed E-state index contributed by atoms with van der Waals surface area (Å²) in [6.07, 6.45) is -3.07. The third-order valence-corrected chi connectivity index (χ3v) is 8.83. The molecule has 0 spiro atoms. The molecule has 1 unspecified atom stereocenters.